The lowest BCUT2D eigenvalue weighted by Gasteiger charge is -2.09. The quantitative estimate of drug-likeness (QED) is 0.485. The minimum atomic E-state index is -0.242. The van der Waals surface area contributed by atoms with Gasteiger partial charge in [0.15, 0.2) is 0 Å². The summed E-state index contributed by atoms with van der Waals surface area (Å²) in [6.45, 7) is 0. The number of carbonyl (C=O) groups excluding carboxylic acids is 1. The summed E-state index contributed by atoms with van der Waals surface area (Å²) in [6, 6.07) is 26.4. The lowest BCUT2D eigenvalue weighted by Crippen LogP contribution is -2.12. The maximum atomic E-state index is 12.8. The third-order valence-corrected chi connectivity index (χ3v) is 4.44. The molecule has 0 aliphatic rings. The van der Waals surface area contributed by atoms with Crippen molar-refractivity contribution in [2.24, 2.45) is 0 Å². The molecule has 5 heteroatoms. The first-order valence-electron chi connectivity index (χ1n) is 8.48. The van der Waals surface area contributed by atoms with Gasteiger partial charge in [-0.1, -0.05) is 78.3 Å². The van der Waals surface area contributed by atoms with Gasteiger partial charge in [0.05, 0.1) is 11.4 Å². The van der Waals surface area contributed by atoms with Gasteiger partial charge in [0.2, 0.25) is 0 Å². The SMILES string of the molecule is O=C(Nc1c(-c2ccccc2)n[nH]c1-c1ccccc1)c1cccc(Cl)c1. The molecule has 4 nitrogen and oxygen atoms in total. The minimum Gasteiger partial charge on any atom is -0.318 e. The Morgan fingerprint density at radius 3 is 2.19 bits per heavy atom. The van der Waals surface area contributed by atoms with E-state index in [1.165, 1.54) is 0 Å². The van der Waals surface area contributed by atoms with Gasteiger partial charge in [0.25, 0.3) is 5.91 Å². The van der Waals surface area contributed by atoms with Crippen molar-refractivity contribution < 1.29 is 4.79 Å². The number of nitrogens with one attached hydrogen (secondary N) is 2. The van der Waals surface area contributed by atoms with E-state index in [4.69, 9.17) is 11.6 Å². The lowest BCUT2D eigenvalue weighted by molar-refractivity contribution is 0.102. The Balaban J connectivity index is 1.79. The van der Waals surface area contributed by atoms with E-state index in [-0.39, 0.29) is 5.91 Å². The Hall–Kier alpha value is -3.37. The molecule has 0 spiro atoms. The zero-order valence-corrected chi connectivity index (χ0v) is 15.1. The maximum Gasteiger partial charge on any atom is 0.255 e. The fourth-order valence-corrected chi connectivity index (χ4v) is 3.09. The van der Waals surface area contributed by atoms with Crippen LogP contribution in [0.1, 0.15) is 10.4 Å². The molecule has 1 heterocycles. The molecule has 0 aliphatic carbocycles. The second kappa shape index (κ2) is 7.48. The van der Waals surface area contributed by atoms with Crippen molar-refractivity contribution in [3.8, 4) is 22.5 Å². The van der Waals surface area contributed by atoms with Crippen LogP contribution in [-0.2, 0) is 0 Å². The van der Waals surface area contributed by atoms with Crippen molar-refractivity contribution in [1.82, 2.24) is 10.2 Å². The smallest absolute Gasteiger partial charge is 0.255 e. The normalized spacial score (nSPS) is 10.6. The van der Waals surface area contributed by atoms with Gasteiger partial charge in [-0.05, 0) is 18.2 Å². The fourth-order valence-electron chi connectivity index (χ4n) is 2.90. The number of anilines is 1. The molecule has 0 atom stereocenters. The maximum absolute atomic E-state index is 12.8. The molecule has 1 amide bonds. The highest BCUT2D eigenvalue weighted by atomic mass is 35.5. The summed E-state index contributed by atoms with van der Waals surface area (Å²) in [5.41, 5.74) is 4.42. The zero-order valence-electron chi connectivity index (χ0n) is 14.3. The van der Waals surface area contributed by atoms with Gasteiger partial charge in [0.1, 0.15) is 5.69 Å². The van der Waals surface area contributed by atoms with E-state index in [1.54, 1.807) is 24.3 Å². The van der Waals surface area contributed by atoms with Gasteiger partial charge in [-0.2, -0.15) is 5.10 Å². The monoisotopic (exact) mass is 373 g/mol. The number of hydrogen-bond acceptors (Lipinski definition) is 2. The predicted octanol–water partition coefficient (Wildman–Crippen LogP) is 5.65. The van der Waals surface area contributed by atoms with Gasteiger partial charge in [0, 0.05) is 21.7 Å². The molecule has 0 fully saturated rings. The molecule has 0 radical (unpaired) electrons. The second-order valence-corrected chi connectivity index (χ2v) is 6.46. The third kappa shape index (κ3) is 3.61. The third-order valence-electron chi connectivity index (χ3n) is 4.20. The average Bonchev–Trinajstić information content (AvgIpc) is 3.13. The van der Waals surface area contributed by atoms with E-state index in [2.05, 4.69) is 15.5 Å². The molecular formula is C22H16ClN3O. The Labute approximate surface area is 161 Å². The van der Waals surface area contributed by atoms with Crippen LogP contribution in [0.2, 0.25) is 5.02 Å². The van der Waals surface area contributed by atoms with Crippen LogP contribution < -0.4 is 5.32 Å². The van der Waals surface area contributed by atoms with Crippen LogP contribution in [-0.4, -0.2) is 16.1 Å². The Morgan fingerprint density at radius 1 is 0.852 bits per heavy atom. The first-order valence-corrected chi connectivity index (χ1v) is 8.86. The topological polar surface area (TPSA) is 57.8 Å². The van der Waals surface area contributed by atoms with Crippen molar-refractivity contribution in [1.29, 1.82) is 0 Å². The van der Waals surface area contributed by atoms with Crippen LogP contribution in [0.5, 0.6) is 0 Å². The number of H-pyrrole nitrogens is 1. The van der Waals surface area contributed by atoms with E-state index in [1.807, 2.05) is 60.7 Å². The summed E-state index contributed by atoms with van der Waals surface area (Å²) >= 11 is 6.03. The summed E-state index contributed by atoms with van der Waals surface area (Å²) < 4.78 is 0. The van der Waals surface area contributed by atoms with Gasteiger partial charge >= 0.3 is 0 Å². The molecule has 0 unspecified atom stereocenters. The molecule has 1 aromatic heterocycles. The number of aromatic nitrogens is 2. The predicted molar refractivity (Wildman–Crippen MR) is 109 cm³/mol. The zero-order chi connectivity index (χ0) is 18.6. The molecule has 0 aliphatic heterocycles. The molecule has 2 N–H and O–H groups in total. The van der Waals surface area contributed by atoms with E-state index in [0.29, 0.717) is 22.0 Å². The summed E-state index contributed by atoms with van der Waals surface area (Å²) in [5, 5.41) is 11.1. The summed E-state index contributed by atoms with van der Waals surface area (Å²) in [7, 11) is 0. The highest BCUT2D eigenvalue weighted by Crippen LogP contribution is 2.35. The molecule has 0 saturated carbocycles. The molecule has 4 rings (SSSR count). The highest BCUT2D eigenvalue weighted by Gasteiger charge is 2.19. The fraction of sp³-hybridized carbons (Fsp3) is 0. The van der Waals surface area contributed by atoms with Crippen molar-refractivity contribution in [3.05, 3.63) is 95.5 Å². The number of rotatable bonds is 4. The van der Waals surface area contributed by atoms with Crippen molar-refractivity contribution in [2.45, 2.75) is 0 Å². The molecule has 27 heavy (non-hydrogen) atoms. The number of hydrogen-bond donors (Lipinski definition) is 2. The lowest BCUT2D eigenvalue weighted by atomic mass is 10.1. The molecule has 0 bridgehead atoms. The first-order chi connectivity index (χ1) is 13.2. The summed E-state index contributed by atoms with van der Waals surface area (Å²) in [4.78, 5) is 12.8. The molecular weight excluding hydrogens is 358 g/mol. The second-order valence-electron chi connectivity index (χ2n) is 6.02. The average molecular weight is 374 g/mol. The van der Waals surface area contributed by atoms with Crippen LogP contribution in [0.3, 0.4) is 0 Å². The number of amides is 1. The van der Waals surface area contributed by atoms with Gasteiger partial charge in [-0.3, -0.25) is 9.89 Å². The minimum absolute atomic E-state index is 0.242. The Morgan fingerprint density at radius 2 is 1.52 bits per heavy atom. The molecule has 3 aromatic carbocycles. The molecule has 132 valence electrons. The first kappa shape index (κ1) is 17.1. The van der Waals surface area contributed by atoms with Crippen LogP contribution in [0.15, 0.2) is 84.9 Å². The van der Waals surface area contributed by atoms with Gasteiger partial charge in [-0.15, -0.1) is 0 Å². The van der Waals surface area contributed by atoms with Gasteiger partial charge < -0.3 is 5.32 Å². The van der Waals surface area contributed by atoms with Crippen LogP contribution in [0.25, 0.3) is 22.5 Å². The largest absolute Gasteiger partial charge is 0.318 e. The highest BCUT2D eigenvalue weighted by molar-refractivity contribution is 6.31. The van der Waals surface area contributed by atoms with Crippen molar-refractivity contribution >= 4 is 23.2 Å². The van der Waals surface area contributed by atoms with Crippen LogP contribution >= 0.6 is 11.6 Å². The number of carbonyl (C=O) groups is 1. The van der Waals surface area contributed by atoms with E-state index in [9.17, 15) is 4.79 Å². The van der Waals surface area contributed by atoms with Crippen LogP contribution in [0.4, 0.5) is 5.69 Å². The standard InChI is InChI=1S/C22H16ClN3O/c23-18-13-7-12-17(14-18)22(27)24-21-19(15-8-3-1-4-9-15)25-26-20(21)16-10-5-2-6-11-16/h1-14H,(H,24,27)(H,25,26). The van der Waals surface area contributed by atoms with Crippen LogP contribution in [0, 0.1) is 0 Å². The van der Waals surface area contributed by atoms with E-state index in [0.717, 1.165) is 16.8 Å². The van der Waals surface area contributed by atoms with Crippen molar-refractivity contribution in [2.75, 3.05) is 5.32 Å². The van der Waals surface area contributed by atoms with E-state index >= 15 is 0 Å². The van der Waals surface area contributed by atoms with E-state index < -0.39 is 0 Å². The summed E-state index contributed by atoms with van der Waals surface area (Å²) in [5.74, 6) is -0.242. The Kier molecular flexibility index (Phi) is 4.73. The molecule has 4 aromatic rings. The van der Waals surface area contributed by atoms with Gasteiger partial charge in [-0.25, -0.2) is 0 Å². The number of benzene rings is 3. The number of halogens is 1. The molecule has 0 saturated heterocycles. The van der Waals surface area contributed by atoms with Crippen molar-refractivity contribution in [3.63, 3.8) is 0 Å². The number of nitrogens with zero attached hydrogens (tertiary/aromatic N) is 1. The summed E-state index contributed by atoms with van der Waals surface area (Å²) in [6.07, 6.45) is 0. The Bertz CT molecular complexity index is 1020. The number of aromatic amines is 1.